The van der Waals surface area contributed by atoms with Crippen molar-refractivity contribution in [1.82, 2.24) is 0 Å². The summed E-state index contributed by atoms with van der Waals surface area (Å²) in [4.78, 5) is 0. The Morgan fingerprint density at radius 2 is 1.67 bits per heavy atom. The maximum atomic E-state index is 3.59. The van der Waals surface area contributed by atoms with Crippen LogP contribution in [0.3, 0.4) is 0 Å². The van der Waals surface area contributed by atoms with Gasteiger partial charge in [0.05, 0.1) is 0 Å². The molecule has 0 spiro atoms. The van der Waals surface area contributed by atoms with Gasteiger partial charge in [-0.05, 0) is 49.3 Å². The third-order valence-electron chi connectivity index (χ3n) is 3.14. The molecule has 1 rings (SSSR count). The van der Waals surface area contributed by atoms with Crippen LogP contribution in [0.15, 0.2) is 16.7 Å². The molecule has 0 aromatic heterocycles. The van der Waals surface area contributed by atoms with Crippen LogP contribution < -0.4 is 0 Å². The van der Waals surface area contributed by atoms with E-state index in [1.165, 1.54) is 44.9 Å². The molecule has 0 unspecified atom stereocenters. The summed E-state index contributed by atoms with van der Waals surface area (Å²) in [6.45, 7) is 6.83. The third kappa shape index (κ3) is 3.52. The Hall–Kier alpha value is -0.520. The van der Waals surface area contributed by atoms with Crippen molar-refractivity contribution in [3.63, 3.8) is 0 Å². The van der Waals surface area contributed by atoms with E-state index in [9.17, 15) is 0 Å². The molecule has 0 heterocycles. The first kappa shape index (κ1) is 12.5. The second-order valence-electron chi connectivity index (χ2n) is 4.52. The highest BCUT2D eigenvalue weighted by Crippen LogP contribution is 2.34. The normalized spacial score (nSPS) is 16.1. The van der Waals surface area contributed by atoms with Crippen LogP contribution in [0.4, 0.5) is 0 Å². The van der Waals surface area contributed by atoms with E-state index in [2.05, 4.69) is 26.8 Å². The molecule has 0 saturated heterocycles. The molecule has 1 radical (unpaired) electrons. The summed E-state index contributed by atoms with van der Waals surface area (Å²) in [5.74, 6) is 0. The van der Waals surface area contributed by atoms with E-state index in [0.29, 0.717) is 0 Å². The van der Waals surface area contributed by atoms with Gasteiger partial charge in [0.15, 0.2) is 0 Å². The molecule has 0 saturated carbocycles. The van der Waals surface area contributed by atoms with Gasteiger partial charge in [-0.3, -0.25) is 0 Å². The van der Waals surface area contributed by atoms with Gasteiger partial charge in [-0.1, -0.05) is 45.6 Å². The predicted octanol–water partition coefficient (Wildman–Crippen LogP) is 5.21. The van der Waals surface area contributed by atoms with Gasteiger partial charge in [-0.2, -0.15) is 0 Å². The largest absolute Gasteiger partial charge is 0.0654 e. The molecule has 0 N–H and O–H groups in total. The summed E-state index contributed by atoms with van der Waals surface area (Å²) in [6.07, 6.45) is 13.8. The number of hydrogen-bond donors (Lipinski definition) is 0. The molecule has 0 heteroatoms. The lowest BCUT2D eigenvalue weighted by Gasteiger charge is -2.10. The monoisotopic (exact) mass is 205 g/mol. The van der Waals surface area contributed by atoms with Crippen molar-refractivity contribution in [2.75, 3.05) is 0 Å². The molecular formula is C15H25. The third-order valence-corrected chi connectivity index (χ3v) is 3.14. The fraction of sp³-hybridized carbons (Fsp3) is 0.733. The van der Waals surface area contributed by atoms with Crippen molar-refractivity contribution in [1.29, 1.82) is 0 Å². The van der Waals surface area contributed by atoms with Gasteiger partial charge in [0.25, 0.3) is 0 Å². The lowest BCUT2D eigenvalue weighted by atomic mass is 9.96. The first-order valence-electron chi connectivity index (χ1n) is 6.64. The van der Waals surface area contributed by atoms with Crippen LogP contribution in [0.25, 0.3) is 0 Å². The fourth-order valence-corrected chi connectivity index (χ4v) is 2.34. The van der Waals surface area contributed by atoms with Gasteiger partial charge >= 0.3 is 0 Å². The van der Waals surface area contributed by atoms with E-state index < -0.39 is 0 Å². The minimum Gasteiger partial charge on any atom is -0.0654 e. The summed E-state index contributed by atoms with van der Waals surface area (Å²) < 4.78 is 0. The van der Waals surface area contributed by atoms with Crippen molar-refractivity contribution in [3.8, 4) is 0 Å². The van der Waals surface area contributed by atoms with Gasteiger partial charge in [0.2, 0.25) is 0 Å². The first-order chi connectivity index (χ1) is 7.33. The zero-order valence-corrected chi connectivity index (χ0v) is 10.7. The number of hydrogen-bond acceptors (Lipinski definition) is 0. The number of rotatable bonds is 7. The fourth-order valence-electron chi connectivity index (χ4n) is 2.34. The highest BCUT2D eigenvalue weighted by atomic mass is 14.2. The molecule has 0 nitrogen and oxygen atoms in total. The first-order valence-corrected chi connectivity index (χ1v) is 6.64. The van der Waals surface area contributed by atoms with Crippen LogP contribution in [0.1, 0.15) is 72.1 Å². The van der Waals surface area contributed by atoms with E-state index in [-0.39, 0.29) is 0 Å². The van der Waals surface area contributed by atoms with E-state index in [4.69, 9.17) is 0 Å². The average Bonchev–Trinajstić information content (AvgIpc) is 2.60. The molecule has 85 valence electrons. The van der Waals surface area contributed by atoms with Gasteiger partial charge in [-0.25, -0.2) is 0 Å². The molecule has 0 aliphatic heterocycles. The zero-order chi connectivity index (χ0) is 11.1. The Kier molecular flexibility index (Phi) is 5.75. The highest BCUT2D eigenvalue weighted by Gasteiger charge is 2.15. The van der Waals surface area contributed by atoms with Crippen molar-refractivity contribution < 1.29 is 0 Å². The molecule has 0 fully saturated rings. The Morgan fingerprint density at radius 1 is 0.933 bits per heavy atom. The van der Waals surface area contributed by atoms with Gasteiger partial charge in [0.1, 0.15) is 0 Å². The highest BCUT2D eigenvalue weighted by molar-refractivity contribution is 5.40. The zero-order valence-electron chi connectivity index (χ0n) is 10.7. The van der Waals surface area contributed by atoms with Crippen LogP contribution in [0, 0.1) is 6.08 Å². The molecule has 0 aromatic rings. The van der Waals surface area contributed by atoms with E-state index in [0.717, 1.165) is 6.42 Å². The molecule has 0 aromatic carbocycles. The smallest absolute Gasteiger partial charge is 0.00554 e. The topological polar surface area (TPSA) is 0 Å². The molecule has 0 atom stereocenters. The number of allylic oxidation sites excluding steroid dienone is 4. The van der Waals surface area contributed by atoms with Crippen LogP contribution >= 0.6 is 0 Å². The van der Waals surface area contributed by atoms with Crippen molar-refractivity contribution in [2.45, 2.75) is 72.1 Å². The quantitative estimate of drug-likeness (QED) is 0.535. The van der Waals surface area contributed by atoms with Gasteiger partial charge in [-0.15, -0.1) is 0 Å². The molecule has 0 amide bonds. The maximum Gasteiger partial charge on any atom is -0.00554 e. The summed E-state index contributed by atoms with van der Waals surface area (Å²) in [5.41, 5.74) is 4.92. The van der Waals surface area contributed by atoms with Crippen LogP contribution in [0.5, 0.6) is 0 Å². The van der Waals surface area contributed by atoms with Crippen molar-refractivity contribution >= 4 is 0 Å². The van der Waals surface area contributed by atoms with Crippen LogP contribution in [-0.2, 0) is 0 Å². The SMILES string of the molecule is CCCCC1=C(CCC)C(CCC)=[C]C1. The summed E-state index contributed by atoms with van der Waals surface area (Å²) in [6, 6.07) is 0. The molecule has 1 aliphatic rings. The standard InChI is InChI=1S/C15H25/c1-4-7-10-14-12-11-13(8-5-2)15(14)9-6-3/h4-10,12H2,1-3H3. The van der Waals surface area contributed by atoms with E-state index >= 15 is 0 Å². The Morgan fingerprint density at radius 3 is 2.27 bits per heavy atom. The van der Waals surface area contributed by atoms with Crippen molar-refractivity contribution in [3.05, 3.63) is 22.8 Å². The van der Waals surface area contributed by atoms with E-state index in [1.807, 2.05) is 0 Å². The summed E-state index contributed by atoms with van der Waals surface area (Å²) >= 11 is 0. The lowest BCUT2D eigenvalue weighted by molar-refractivity contribution is 0.762. The summed E-state index contributed by atoms with van der Waals surface area (Å²) in [5, 5.41) is 0. The van der Waals surface area contributed by atoms with Gasteiger partial charge < -0.3 is 0 Å². The summed E-state index contributed by atoms with van der Waals surface area (Å²) in [7, 11) is 0. The average molecular weight is 205 g/mol. The second kappa shape index (κ2) is 6.87. The molecule has 0 bridgehead atoms. The predicted molar refractivity (Wildman–Crippen MR) is 67.7 cm³/mol. The van der Waals surface area contributed by atoms with E-state index in [1.54, 1.807) is 16.7 Å². The second-order valence-corrected chi connectivity index (χ2v) is 4.52. The van der Waals surface area contributed by atoms with Crippen LogP contribution in [-0.4, -0.2) is 0 Å². The number of unbranched alkanes of at least 4 members (excludes halogenated alkanes) is 1. The molecular weight excluding hydrogens is 180 g/mol. The molecule has 1 aliphatic carbocycles. The maximum absolute atomic E-state index is 3.59. The van der Waals surface area contributed by atoms with Crippen LogP contribution in [0.2, 0.25) is 0 Å². The minimum atomic E-state index is 1.13. The Balaban J connectivity index is 2.64. The minimum absolute atomic E-state index is 1.13. The van der Waals surface area contributed by atoms with Crippen molar-refractivity contribution in [2.24, 2.45) is 0 Å². The Labute approximate surface area is 95.5 Å². The molecule has 15 heavy (non-hydrogen) atoms. The Bertz CT molecular complexity index is 243. The lowest BCUT2D eigenvalue weighted by Crippen LogP contribution is -1.91. The van der Waals surface area contributed by atoms with Gasteiger partial charge in [0, 0.05) is 0 Å².